The maximum atomic E-state index is 13.1. The van der Waals surface area contributed by atoms with Crippen LogP contribution in [0.15, 0.2) is 48.5 Å². The van der Waals surface area contributed by atoms with Gasteiger partial charge in [0.1, 0.15) is 11.6 Å². The molecule has 1 amide bonds. The third-order valence-corrected chi connectivity index (χ3v) is 6.38. The molecule has 29 heavy (non-hydrogen) atoms. The van der Waals surface area contributed by atoms with Crippen LogP contribution in [0.3, 0.4) is 0 Å². The fourth-order valence-electron chi connectivity index (χ4n) is 4.54. The molecule has 0 saturated carbocycles. The SMILES string of the molecule is CCOc1ccccc1C1(CC(N)=O)CC[N+](C)(CCc2ccc(F)cc2)CC1. The molecular weight excluding hydrogens is 367 g/mol. The zero-order valence-electron chi connectivity index (χ0n) is 17.5. The van der Waals surface area contributed by atoms with E-state index in [4.69, 9.17) is 10.5 Å². The van der Waals surface area contributed by atoms with Gasteiger partial charge in [-0.2, -0.15) is 0 Å². The fourth-order valence-corrected chi connectivity index (χ4v) is 4.54. The summed E-state index contributed by atoms with van der Waals surface area (Å²) in [7, 11) is 2.27. The largest absolute Gasteiger partial charge is 0.494 e. The lowest BCUT2D eigenvalue weighted by Gasteiger charge is -2.47. The standard InChI is InChI=1S/C24H31FN2O2/c1-3-29-22-7-5-4-6-21(22)24(18-23(26)28)13-16-27(2,17-14-24)15-12-19-8-10-20(25)11-9-19/h4-11H,3,12-18H2,1-2H3,(H-,26,28)/p+1. The summed E-state index contributed by atoms with van der Waals surface area (Å²) in [6.45, 7) is 5.49. The number of amides is 1. The fraction of sp³-hybridized carbons (Fsp3) is 0.458. The molecular formula is C24H32FN2O2+. The van der Waals surface area contributed by atoms with E-state index in [0.29, 0.717) is 13.0 Å². The van der Waals surface area contributed by atoms with Crippen LogP contribution >= 0.6 is 0 Å². The highest BCUT2D eigenvalue weighted by atomic mass is 19.1. The van der Waals surface area contributed by atoms with Crippen LogP contribution in [0, 0.1) is 5.82 Å². The third kappa shape index (κ3) is 5.15. The van der Waals surface area contributed by atoms with Crippen molar-refractivity contribution >= 4 is 5.91 Å². The number of hydrogen-bond acceptors (Lipinski definition) is 2. The Balaban J connectivity index is 1.75. The maximum Gasteiger partial charge on any atom is 0.218 e. The number of hydrogen-bond donors (Lipinski definition) is 1. The first kappa shape index (κ1) is 21.3. The second-order valence-electron chi connectivity index (χ2n) is 8.52. The highest BCUT2D eigenvalue weighted by Gasteiger charge is 2.44. The molecule has 0 spiro atoms. The number of nitrogens with two attached hydrogens (primary N) is 1. The van der Waals surface area contributed by atoms with Crippen molar-refractivity contribution in [1.29, 1.82) is 0 Å². The molecule has 1 saturated heterocycles. The van der Waals surface area contributed by atoms with E-state index in [1.165, 1.54) is 12.1 Å². The van der Waals surface area contributed by atoms with Crippen LogP contribution < -0.4 is 10.5 Å². The second kappa shape index (κ2) is 8.95. The number of quaternary nitrogens is 1. The number of ether oxygens (including phenoxy) is 1. The van der Waals surface area contributed by atoms with Crippen LogP contribution in [0.5, 0.6) is 5.75 Å². The monoisotopic (exact) mass is 399 g/mol. The molecule has 3 rings (SSSR count). The minimum Gasteiger partial charge on any atom is -0.494 e. The molecule has 2 aromatic rings. The van der Waals surface area contributed by atoms with Crippen molar-refractivity contribution in [2.75, 3.05) is 33.3 Å². The van der Waals surface area contributed by atoms with Gasteiger partial charge in [-0.1, -0.05) is 30.3 Å². The summed E-state index contributed by atoms with van der Waals surface area (Å²) in [5.74, 6) is 0.397. The number of primary amides is 1. The number of benzene rings is 2. The van der Waals surface area contributed by atoms with Crippen molar-refractivity contribution in [3.8, 4) is 5.75 Å². The highest BCUT2D eigenvalue weighted by molar-refractivity contribution is 5.76. The van der Waals surface area contributed by atoms with Crippen molar-refractivity contribution in [1.82, 2.24) is 0 Å². The first-order valence-electron chi connectivity index (χ1n) is 10.4. The molecule has 4 nitrogen and oxygen atoms in total. The van der Waals surface area contributed by atoms with Crippen LogP contribution in [0.1, 0.15) is 37.3 Å². The van der Waals surface area contributed by atoms with Crippen LogP contribution in [-0.4, -0.2) is 43.7 Å². The summed E-state index contributed by atoms with van der Waals surface area (Å²) in [6, 6.07) is 14.8. The van der Waals surface area contributed by atoms with E-state index in [1.54, 1.807) is 0 Å². The van der Waals surface area contributed by atoms with Crippen LogP contribution in [-0.2, 0) is 16.6 Å². The predicted octanol–water partition coefficient (Wildman–Crippen LogP) is 3.82. The summed E-state index contributed by atoms with van der Waals surface area (Å²) in [5.41, 5.74) is 7.65. The first-order valence-corrected chi connectivity index (χ1v) is 10.4. The molecule has 0 aliphatic carbocycles. The molecule has 0 atom stereocenters. The van der Waals surface area contributed by atoms with Crippen molar-refractivity contribution in [3.05, 3.63) is 65.5 Å². The van der Waals surface area contributed by atoms with Gasteiger partial charge in [0.25, 0.3) is 0 Å². The minimum atomic E-state index is -0.273. The summed E-state index contributed by atoms with van der Waals surface area (Å²) in [4.78, 5) is 12.0. The number of carbonyl (C=O) groups excluding carboxylic acids is 1. The quantitative estimate of drug-likeness (QED) is 0.686. The lowest BCUT2D eigenvalue weighted by atomic mass is 9.69. The molecule has 1 heterocycles. The maximum absolute atomic E-state index is 13.1. The Morgan fingerprint density at radius 2 is 1.79 bits per heavy atom. The number of halogens is 1. The average Bonchev–Trinajstić information content (AvgIpc) is 2.70. The summed E-state index contributed by atoms with van der Waals surface area (Å²) < 4.78 is 20.0. The minimum absolute atomic E-state index is 0.198. The van der Waals surface area contributed by atoms with E-state index in [9.17, 15) is 9.18 Å². The molecule has 156 valence electrons. The lowest BCUT2D eigenvalue weighted by Crippen LogP contribution is -2.55. The Labute approximate surface area is 173 Å². The van der Waals surface area contributed by atoms with Gasteiger partial charge in [0.2, 0.25) is 5.91 Å². The van der Waals surface area contributed by atoms with Gasteiger partial charge >= 0.3 is 0 Å². The molecule has 0 unspecified atom stereocenters. The number of rotatable bonds is 8. The van der Waals surface area contributed by atoms with E-state index in [1.807, 2.05) is 37.3 Å². The summed E-state index contributed by atoms with van der Waals surface area (Å²) in [6.07, 6.45) is 3.03. The van der Waals surface area contributed by atoms with Crippen LogP contribution in [0.4, 0.5) is 4.39 Å². The van der Waals surface area contributed by atoms with Crippen LogP contribution in [0.2, 0.25) is 0 Å². The molecule has 1 fully saturated rings. The predicted molar refractivity (Wildman–Crippen MR) is 113 cm³/mol. The van der Waals surface area contributed by atoms with Crippen molar-refractivity contribution in [2.45, 2.75) is 38.0 Å². The Kier molecular flexibility index (Phi) is 6.58. The number of likely N-dealkylation sites (tertiary alicyclic amines) is 1. The van der Waals surface area contributed by atoms with Gasteiger partial charge in [-0.3, -0.25) is 4.79 Å². The van der Waals surface area contributed by atoms with E-state index >= 15 is 0 Å². The zero-order chi connectivity index (χ0) is 20.9. The molecule has 0 radical (unpaired) electrons. The second-order valence-corrected chi connectivity index (χ2v) is 8.52. The highest BCUT2D eigenvalue weighted by Crippen LogP contribution is 2.44. The van der Waals surface area contributed by atoms with Gasteiger partial charge in [0.05, 0.1) is 33.3 Å². The Bertz CT molecular complexity index is 827. The van der Waals surface area contributed by atoms with Crippen LogP contribution in [0.25, 0.3) is 0 Å². The number of carbonyl (C=O) groups is 1. The number of likely N-dealkylation sites (N-methyl/N-ethyl adjacent to an activating group) is 1. The summed E-state index contributed by atoms with van der Waals surface area (Å²) in [5, 5.41) is 0. The van der Waals surface area contributed by atoms with Gasteiger partial charge in [-0.05, 0) is 30.7 Å². The zero-order valence-corrected chi connectivity index (χ0v) is 17.5. The number of piperidine rings is 1. The molecule has 2 aromatic carbocycles. The number of nitrogens with zero attached hydrogens (tertiary/aromatic N) is 1. The molecule has 5 heteroatoms. The Hall–Kier alpha value is -2.40. The smallest absolute Gasteiger partial charge is 0.218 e. The Morgan fingerprint density at radius 3 is 2.41 bits per heavy atom. The molecule has 0 bridgehead atoms. The van der Waals surface area contributed by atoms with E-state index in [-0.39, 0.29) is 17.1 Å². The van der Waals surface area contributed by atoms with Crippen molar-refractivity contribution < 1.29 is 18.4 Å². The van der Waals surface area contributed by atoms with Crippen molar-refractivity contribution in [3.63, 3.8) is 0 Å². The molecule has 2 N–H and O–H groups in total. The third-order valence-electron chi connectivity index (χ3n) is 6.38. The van der Waals surface area contributed by atoms with E-state index < -0.39 is 0 Å². The molecule has 0 aromatic heterocycles. The topological polar surface area (TPSA) is 52.3 Å². The van der Waals surface area contributed by atoms with E-state index in [2.05, 4.69) is 13.1 Å². The molecule has 1 aliphatic heterocycles. The van der Waals surface area contributed by atoms with Crippen molar-refractivity contribution in [2.24, 2.45) is 5.73 Å². The van der Waals surface area contributed by atoms with Gasteiger partial charge in [0, 0.05) is 36.7 Å². The summed E-state index contributed by atoms with van der Waals surface area (Å²) >= 11 is 0. The average molecular weight is 400 g/mol. The van der Waals surface area contributed by atoms with Gasteiger partial charge < -0.3 is 15.0 Å². The normalized spacial score (nSPS) is 24.2. The number of para-hydroxylation sites is 1. The van der Waals surface area contributed by atoms with E-state index in [0.717, 1.165) is 60.3 Å². The van der Waals surface area contributed by atoms with Gasteiger partial charge in [0.15, 0.2) is 0 Å². The Morgan fingerprint density at radius 1 is 1.14 bits per heavy atom. The lowest BCUT2D eigenvalue weighted by molar-refractivity contribution is -0.915. The molecule has 1 aliphatic rings. The van der Waals surface area contributed by atoms with Gasteiger partial charge in [-0.25, -0.2) is 4.39 Å². The van der Waals surface area contributed by atoms with Gasteiger partial charge in [-0.15, -0.1) is 0 Å². The first-order chi connectivity index (χ1) is 13.9.